The molecule has 2 aromatic rings. The highest BCUT2D eigenvalue weighted by Gasteiger charge is 2.38. The summed E-state index contributed by atoms with van der Waals surface area (Å²) in [6.07, 6.45) is 0. The van der Waals surface area contributed by atoms with E-state index in [1.807, 2.05) is 0 Å². The van der Waals surface area contributed by atoms with Gasteiger partial charge in [0, 0.05) is 37.6 Å². The van der Waals surface area contributed by atoms with Crippen LogP contribution >= 0.6 is 0 Å². The summed E-state index contributed by atoms with van der Waals surface area (Å²) in [5.41, 5.74) is 2.62. The summed E-state index contributed by atoms with van der Waals surface area (Å²) in [5.74, 6) is 1.00. The molecule has 3 nitrogen and oxygen atoms in total. The van der Waals surface area contributed by atoms with Crippen molar-refractivity contribution in [1.82, 2.24) is 0 Å². The Kier molecular flexibility index (Phi) is 5.33. The van der Waals surface area contributed by atoms with Crippen molar-refractivity contribution >= 4 is 19.7 Å². The molecule has 1 saturated heterocycles. The predicted molar refractivity (Wildman–Crippen MR) is 115 cm³/mol. The topological polar surface area (TPSA) is 15.7 Å². The van der Waals surface area contributed by atoms with Crippen LogP contribution in [-0.4, -0.2) is 34.5 Å². The van der Waals surface area contributed by atoms with E-state index in [0.717, 1.165) is 31.9 Å². The van der Waals surface area contributed by atoms with Gasteiger partial charge in [0.25, 0.3) is 0 Å². The number of piperazine rings is 1. The van der Waals surface area contributed by atoms with Crippen LogP contribution in [0.25, 0.3) is 0 Å². The van der Waals surface area contributed by atoms with Crippen LogP contribution in [-0.2, 0) is 0 Å². The summed E-state index contributed by atoms with van der Waals surface area (Å²) in [6, 6.07) is 19.4. The lowest BCUT2D eigenvalue weighted by Crippen LogP contribution is -2.46. The minimum atomic E-state index is -1.77. The van der Waals surface area contributed by atoms with Gasteiger partial charge < -0.3 is 14.2 Å². The second-order valence-corrected chi connectivity index (χ2v) is 13.4. The average Bonchev–Trinajstić information content (AvgIpc) is 2.62. The van der Waals surface area contributed by atoms with E-state index in [-0.39, 0.29) is 5.04 Å². The van der Waals surface area contributed by atoms with E-state index in [2.05, 4.69) is 98.3 Å². The summed E-state index contributed by atoms with van der Waals surface area (Å²) in [6.45, 7) is 15.7. The minimum Gasteiger partial charge on any atom is -0.544 e. The van der Waals surface area contributed by atoms with Crippen molar-refractivity contribution in [3.8, 4) is 5.75 Å². The molecule has 0 bridgehead atoms. The largest absolute Gasteiger partial charge is 0.544 e. The molecule has 1 fully saturated rings. The molecule has 0 radical (unpaired) electrons. The van der Waals surface area contributed by atoms with Crippen molar-refractivity contribution in [2.75, 3.05) is 36.0 Å². The van der Waals surface area contributed by atoms with Gasteiger partial charge in [0.1, 0.15) is 5.75 Å². The van der Waals surface area contributed by atoms with E-state index < -0.39 is 8.32 Å². The number of rotatable bonds is 4. The molecule has 0 saturated carbocycles. The number of nitrogens with zero attached hydrogens (tertiary/aromatic N) is 2. The van der Waals surface area contributed by atoms with Crippen molar-refractivity contribution in [3.05, 3.63) is 54.6 Å². The molecule has 0 spiro atoms. The van der Waals surface area contributed by atoms with Crippen molar-refractivity contribution in [2.45, 2.75) is 38.9 Å². The molecule has 4 heteroatoms. The van der Waals surface area contributed by atoms with Crippen LogP contribution in [0, 0.1) is 0 Å². The summed E-state index contributed by atoms with van der Waals surface area (Å²) in [4.78, 5) is 4.93. The van der Waals surface area contributed by atoms with E-state index in [4.69, 9.17) is 4.43 Å². The molecule has 1 aliphatic heterocycles. The second-order valence-electron chi connectivity index (χ2n) is 8.67. The van der Waals surface area contributed by atoms with Gasteiger partial charge in [-0.2, -0.15) is 0 Å². The molecule has 3 rings (SSSR count). The Labute approximate surface area is 159 Å². The maximum absolute atomic E-state index is 6.40. The molecule has 0 unspecified atom stereocenters. The van der Waals surface area contributed by atoms with Crippen molar-refractivity contribution < 1.29 is 4.43 Å². The van der Waals surface area contributed by atoms with Gasteiger partial charge in [0.05, 0.1) is 0 Å². The maximum Gasteiger partial charge on any atom is 0.250 e. The highest BCUT2D eigenvalue weighted by molar-refractivity contribution is 6.74. The summed E-state index contributed by atoms with van der Waals surface area (Å²) >= 11 is 0. The zero-order valence-corrected chi connectivity index (χ0v) is 17.8. The first-order valence-corrected chi connectivity index (χ1v) is 12.5. The van der Waals surface area contributed by atoms with E-state index in [0.29, 0.717) is 0 Å². The fraction of sp³-hybridized carbons (Fsp3) is 0.455. The Morgan fingerprint density at radius 3 is 1.65 bits per heavy atom. The zero-order valence-electron chi connectivity index (χ0n) is 16.8. The normalized spacial score (nSPS) is 15.9. The van der Waals surface area contributed by atoms with Crippen molar-refractivity contribution in [2.24, 2.45) is 0 Å². The van der Waals surface area contributed by atoms with Gasteiger partial charge in [0.15, 0.2) is 0 Å². The van der Waals surface area contributed by atoms with Crippen LogP contribution in [0.15, 0.2) is 54.6 Å². The van der Waals surface area contributed by atoms with E-state index >= 15 is 0 Å². The molecule has 140 valence electrons. The van der Waals surface area contributed by atoms with E-state index in [1.165, 1.54) is 11.4 Å². The van der Waals surface area contributed by atoms with Crippen LogP contribution in [0.2, 0.25) is 18.1 Å². The summed E-state index contributed by atoms with van der Waals surface area (Å²) < 4.78 is 6.40. The third kappa shape index (κ3) is 4.23. The summed E-state index contributed by atoms with van der Waals surface area (Å²) in [7, 11) is -1.77. The lowest BCUT2D eigenvalue weighted by molar-refractivity contribution is 0.492. The maximum atomic E-state index is 6.40. The first-order valence-electron chi connectivity index (χ1n) is 9.60. The molecule has 0 N–H and O–H groups in total. The van der Waals surface area contributed by atoms with Crippen molar-refractivity contribution in [1.29, 1.82) is 0 Å². The molecule has 0 aromatic heterocycles. The molecule has 0 aliphatic carbocycles. The zero-order chi connectivity index (χ0) is 18.8. The number of anilines is 2. The van der Waals surface area contributed by atoms with Gasteiger partial charge in [-0.05, 0) is 54.5 Å². The Balaban J connectivity index is 1.60. The number of hydrogen-bond acceptors (Lipinski definition) is 3. The molecular formula is C22H32N2OSi. The Hall–Kier alpha value is -1.94. The molecule has 0 amide bonds. The first-order chi connectivity index (χ1) is 12.3. The molecular weight excluding hydrogens is 336 g/mol. The van der Waals surface area contributed by atoms with Crippen LogP contribution in [0.3, 0.4) is 0 Å². The molecule has 0 atom stereocenters. The third-order valence-electron chi connectivity index (χ3n) is 5.78. The summed E-state index contributed by atoms with van der Waals surface area (Å²) in [5, 5.41) is 0.222. The Bertz CT molecular complexity index is 699. The number of para-hydroxylation sites is 1. The van der Waals surface area contributed by atoms with Gasteiger partial charge in [0.2, 0.25) is 8.32 Å². The highest BCUT2D eigenvalue weighted by Crippen LogP contribution is 2.37. The molecule has 1 aliphatic rings. The van der Waals surface area contributed by atoms with Crippen molar-refractivity contribution in [3.63, 3.8) is 0 Å². The van der Waals surface area contributed by atoms with Gasteiger partial charge in [-0.15, -0.1) is 0 Å². The average molecular weight is 369 g/mol. The van der Waals surface area contributed by atoms with Gasteiger partial charge >= 0.3 is 0 Å². The third-order valence-corrected chi connectivity index (χ3v) is 10.1. The molecule has 26 heavy (non-hydrogen) atoms. The first kappa shape index (κ1) is 18.8. The molecule has 2 aromatic carbocycles. The fourth-order valence-corrected chi connectivity index (χ4v) is 4.07. The quantitative estimate of drug-likeness (QED) is 0.672. The van der Waals surface area contributed by atoms with Crippen LogP contribution < -0.4 is 14.2 Å². The minimum absolute atomic E-state index is 0.222. The standard InChI is InChI=1S/C22H32N2OSi/c1-22(2,3)26(4,5)25-21-13-11-20(12-14-21)24-17-15-23(16-18-24)19-9-7-6-8-10-19/h6-14H,15-18H2,1-5H3. The van der Waals surface area contributed by atoms with Crippen LogP contribution in [0.5, 0.6) is 5.75 Å². The predicted octanol–water partition coefficient (Wildman–Crippen LogP) is 5.40. The number of hydrogen-bond donors (Lipinski definition) is 0. The van der Waals surface area contributed by atoms with Crippen LogP contribution in [0.1, 0.15) is 20.8 Å². The monoisotopic (exact) mass is 368 g/mol. The highest BCUT2D eigenvalue weighted by atomic mass is 28.4. The molecule has 1 heterocycles. The smallest absolute Gasteiger partial charge is 0.250 e. The van der Waals surface area contributed by atoms with Crippen LogP contribution in [0.4, 0.5) is 11.4 Å². The van der Waals surface area contributed by atoms with Gasteiger partial charge in [-0.3, -0.25) is 0 Å². The fourth-order valence-electron chi connectivity index (χ4n) is 3.03. The Morgan fingerprint density at radius 1 is 0.731 bits per heavy atom. The van der Waals surface area contributed by atoms with E-state index in [9.17, 15) is 0 Å². The lowest BCUT2D eigenvalue weighted by atomic mass is 10.2. The second kappa shape index (κ2) is 7.35. The number of benzene rings is 2. The van der Waals surface area contributed by atoms with Gasteiger partial charge in [-0.1, -0.05) is 39.0 Å². The van der Waals surface area contributed by atoms with E-state index in [1.54, 1.807) is 0 Å². The Morgan fingerprint density at radius 2 is 1.19 bits per heavy atom. The lowest BCUT2D eigenvalue weighted by Gasteiger charge is -2.38. The van der Waals surface area contributed by atoms with Gasteiger partial charge in [-0.25, -0.2) is 0 Å². The SMILES string of the molecule is CC(C)(C)[Si](C)(C)Oc1ccc(N2CCN(c3ccccc3)CC2)cc1.